The zero-order chi connectivity index (χ0) is 19.4. The molecule has 1 saturated heterocycles. The number of rotatable bonds is 5. The predicted molar refractivity (Wildman–Crippen MR) is 93.9 cm³/mol. The van der Waals surface area contributed by atoms with E-state index in [9.17, 15) is 18.0 Å². The molecule has 2 aromatic rings. The van der Waals surface area contributed by atoms with E-state index in [4.69, 9.17) is 4.74 Å². The SMILES string of the molecule is CONC(=O)c1cnc(N2CCC(Oc3ccccc3C(F)(F)F)CC2)s1. The summed E-state index contributed by atoms with van der Waals surface area (Å²) in [7, 11) is 1.35. The number of nitrogens with one attached hydrogen (secondary N) is 1. The van der Waals surface area contributed by atoms with E-state index in [1.807, 2.05) is 4.90 Å². The van der Waals surface area contributed by atoms with Gasteiger partial charge in [-0.15, -0.1) is 0 Å². The molecule has 1 fully saturated rings. The molecule has 1 amide bonds. The average Bonchev–Trinajstić information content (AvgIpc) is 3.12. The number of carbonyl (C=O) groups excluding carboxylic acids is 1. The lowest BCUT2D eigenvalue weighted by Crippen LogP contribution is -2.38. The van der Waals surface area contributed by atoms with Gasteiger partial charge < -0.3 is 9.64 Å². The Balaban J connectivity index is 1.59. The Labute approximate surface area is 157 Å². The van der Waals surface area contributed by atoms with Crippen molar-refractivity contribution in [2.24, 2.45) is 0 Å². The Bertz CT molecular complexity index is 789. The summed E-state index contributed by atoms with van der Waals surface area (Å²) >= 11 is 1.23. The second kappa shape index (κ2) is 8.13. The Morgan fingerprint density at radius 3 is 2.67 bits per heavy atom. The number of para-hydroxylation sites is 1. The fourth-order valence-corrected chi connectivity index (χ4v) is 3.66. The number of halogens is 3. The van der Waals surface area contributed by atoms with E-state index in [1.165, 1.54) is 42.8 Å². The Kier molecular flexibility index (Phi) is 5.85. The molecule has 3 rings (SSSR count). The molecule has 1 aromatic heterocycles. The van der Waals surface area contributed by atoms with Crippen LogP contribution in [-0.2, 0) is 11.0 Å². The van der Waals surface area contributed by atoms with Crippen LogP contribution in [-0.4, -0.2) is 37.2 Å². The molecule has 0 atom stereocenters. The monoisotopic (exact) mass is 401 g/mol. The van der Waals surface area contributed by atoms with Crippen molar-refractivity contribution in [1.29, 1.82) is 0 Å². The van der Waals surface area contributed by atoms with Gasteiger partial charge in [0.2, 0.25) is 0 Å². The number of alkyl halides is 3. The first-order chi connectivity index (χ1) is 12.9. The maximum absolute atomic E-state index is 13.1. The smallest absolute Gasteiger partial charge is 0.419 e. The van der Waals surface area contributed by atoms with Crippen LogP contribution < -0.4 is 15.1 Å². The van der Waals surface area contributed by atoms with Gasteiger partial charge in [0.15, 0.2) is 5.13 Å². The summed E-state index contributed by atoms with van der Waals surface area (Å²) in [5, 5.41) is 0.686. The molecular weight excluding hydrogens is 383 g/mol. The highest BCUT2D eigenvalue weighted by Gasteiger charge is 2.35. The number of hydrogen-bond donors (Lipinski definition) is 1. The van der Waals surface area contributed by atoms with Gasteiger partial charge in [-0.25, -0.2) is 10.5 Å². The third kappa shape index (κ3) is 4.69. The lowest BCUT2D eigenvalue weighted by Gasteiger charge is -2.32. The number of thiazole rings is 1. The van der Waals surface area contributed by atoms with Crippen LogP contribution in [0.15, 0.2) is 30.5 Å². The number of carbonyl (C=O) groups is 1. The zero-order valence-electron chi connectivity index (χ0n) is 14.5. The van der Waals surface area contributed by atoms with Gasteiger partial charge in [-0.1, -0.05) is 23.5 Å². The second-order valence-electron chi connectivity index (χ2n) is 5.94. The molecule has 0 radical (unpaired) electrons. The molecule has 2 heterocycles. The average molecular weight is 401 g/mol. The van der Waals surface area contributed by atoms with Gasteiger partial charge in [0.1, 0.15) is 16.7 Å². The summed E-state index contributed by atoms with van der Waals surface area (Å²) in [5.41, 5.74) is 1.47. The van der Waals surface area contributed by atoms with Crippen molar-refractivity contribution in [3.8, 4) is 5.75 Å². The highest BCUT2D eigenvalue weighted by atomic mass is 32.1. The van der Waals surface area contributed by atoms with E-state index in [2.05, 4.69) is 15.3 Å². The van der Waals surface area contributed by atoms with Crippen LogP contribution in [0.5, 0.6) is 5.75 Å². The van der Waals surface area contributed by atoms with Crippen molar-refractivity contribution in [2.75, 3.05) is 25.1 Å². The highest BCUT2D eigenvalue weighted by molar-refractivity contribution is 7.17. The van der Waals surface area contributed by atoms with E-state index in [0.29, 0.717) is 35.9 Å². The first-order valence-electron chi connectivity index (χ1n) is 8.25. The van der Waals surface area contributed by atoms with Gasteiger partial charge in [-0.05, 0) is 12.1 Å². The minimum absolute atomic E-state index is 0.142. The van der Waals surface area contributed by atoms with Crippen LogP contribution in [0, 0.1) is 0 Å². The summed E-state index contributed by atoms with van der Waals surface area (Å²) in [4.78, 5) is 22.9. The van der Waals surface area contributed by atoms with E-state index in [0.717, 1.165) is 6.07 Å². The molecule has 6 nitrogen and oxygen atoms in total. The number of hydroxylamine groups is 1. The first kappa shape index (κ1) is 19.4. The van der Waals surface area contributed by atoms with Gasteiger partial charge in [0, 0.05) is 25.9 Å². The topological polar surface area (TPSA) is 63.7 Å². The van der Waals surface area contributed by atoms with Gasteiger partial charge in [0.25, 0.3) is 5.91 Å². The molecule has 1 aliphatic rings. The van der Waals surface area contributed by atoms with Crippen LogP contribution in [0.4, 0.5) is 18.3 Å². The number of aromatic nitrogens is 1. The minimum Gasteiger partial charge on any atom is -0.490 e. The predicted octanol–water partition coefficient (Wildman–Crippen LogP) is 3.50. The van der Waals surface area contributed by atoms with E-state index in [-0.39, 0.29) is 17.8 Å². The lowest BCUT2D eigenvalue weighted by atomic mass is 10.1. The van der Waals surface area contributed by atoms with Crippen molar-refractivity contribution in [2.45, 2.75) is 25.1 Å². The third-order valence-corrected chi connectivity index (χ3v) is 5.17. The Morgan fingerprint density at radius 1 is 1.30 bits per heavy atom. The summed E-state index contributed by atoms with van der Waals surface area (Å²) in [6.45, 7) is 1.16. The van der Waals surface area contributed by atoms with Gasteiger partial charge in [0.05, 0.1) is 18.9 Å². The molecule has 0 spiro atoms. The maximum atomic E-state index is 13.1. The molecule has 0 saturated carbocycles. The fourth-order valence-electron chi connectivity index (χ4n) is 2.81. The molecule has 146 valence electrons. The molecule has 0 aliphatic carbocycles. The molecule has 0 unspecified atom stereocenters. The van der Waals surface area contributed by atoms with Crippen LogP contribution >= 0.6 is 11.3 Å². The van der Waals surface area contributed by atoms with Crippen LogP contribution in [0.25, 0.3) is 0 Å². The number of hydrogen-bond acceptors (Lipinski definition) is 6. The maximum Gasteiger partial charge on any atom is 0.419 e. The number of piperidine rings is 1. The number of ether oxygens (including phenoxy) is 1. The third-order valence-electron chi connectivity index (χ3n) is 4.11. The number of nitrogens with zero attached hydrogens (tertiary/aromatic N) is 2. The molecule has 27 heavy (non-hydrogen) atoms. The molecular formula is C17H18F3N3O3S. The van der Waals surface area contributed by atoms with E-state index >= 15 is 0 Å². The van der Waals surface area contributed by atoms with Crippen molar-refractivity contribution in [1.82, 2.24) is 10.5 Å². The standard InChI is InChI=1S/C17H18F3N3O3S/c1-25-22-15(24)14-10-21-16(27-14)23-8-6-11(7-9-23)26-13-5-3-2-4-12(13)17(18,19)20/h2-5,10-11H,6-9H2,1H3,(H,22,24). The first-order valence-corrected chi connectivity index (χ1v) is 9.07. The summed E-state index contributed by atoms with van der Waals surface area (Å²) in [6, 6.07) is 5.24. The fraction of sp³-hybridized carbons (Fsp3) is 0.412. The molecule has 10 heteroatoms. The van der Waals surface area contributed by atoms with E-state index in [1.54, 1.807) is 0 Å². The molecule has 1 aliphatic heterocycles. The van der Waals surface area contributed by atoms with Crippen molar-refractivity contribution >= 4 is 22.4 Å². The molecule has 1 N–H and O–H groups in total. The van der Waals surface area contributed by atoms with Crippen LogP contribution in [0.3, 0.4) is 0 Å². The van der Waals surface area contributed by atoms with Gasteiger partial charge in [-0.3, -0.25) is 9.63 Å². The Morgan fingerprint density at radius 2 is 2.00 bits per heavy atom. The summed E-state index contributed by atoms with van der Waals surface area (Å²) in [6.07, 6.45) is -2.16. The van der Waals surface area contributed by atoms with Crippen LogP contribution in [0.2, 0.25) is 0 Å². The summed E-state index contributed by atoms with van der Waals surface area (Å²) in [5.74, 6) is -0.514. The van der Waals surface area contributed by atoms with Crippen LogP contribution in [0.1, 0.15) is 28.1 Å². The number of amides is 1. The van der Waals surface area contributed by atoms with Crippen molar-refractivity contribution in [3.63, 3.8) is 0 Å². The van der Waals surface area contributed by atoms with Crippen molar-refractivity contribution < 1.29 is 27.5 Å². The summed E-state index contributed by atoms with van der Waals surface area (Å²) < 4.78 is 44.8. The number of benzene rings is 1. The second-order valence-corrected chi connectivity index (χ2v) is 6.95. The lowest BCUT2D eigenvalue weighted by molar-refractivity contribution is -0.139. The molecule has 1 aromatic carbocycles. The normalized spacial score (nSPS) is 15.6. The number of anilines is 1. The largest absolute Gasteiger partial charge is 0.490 e. The van der Waals surface area contributed by atoms with Crippen molar-refractivity contribution in [3.05, 3.63) is 40.9 Å². The van der Waals surface area contributed by atoms with Gasteiger partial charge >= 0.3 is 6.18 Å². The molecule has 0 bridgehead atoms. The quantitative estimate of drug-likeness (QED) is 0.777. The minimum atomic E-state index is -4.45. The highest BCUT2D eigenvalue weighted by Crippen LogP contribution is 2.37. The van der Waals surface area contributed by atoms with Gasteiger partial charge in [-0.2, -0.15) is 13.2 Å². The Hall–Kier alpha value is -2.33. The van der Waals surface area contributed by atoms with E-state index < -0.39 is 11.7 Å². The zero-order valence-corrected chi connectivity index (χ0v) is 15.3.